The number of ketones is 1. The predicted octanol–water partition coefficient (Wildman–Crippen LogP) is 5.12. The van der Waals surface area contributed by atoms with Crippen molar-refractivity contribution in [3.05, 3.63) is 97.2 Å². The van der Waals surface area contributed by atoms with Gasteiger partial charge in [-0.1, -0.05) is 42.5 Å². The Kier molecular flexibility index (Phi) is 6.38. The van der Waals surface area contributed by atoms with Crippen molar-refractivity contribution in [2.45, 2.75) is 32.4 Å². The molecule has 1 atom stereocenters. The molecule has 0 saturated carbocycles. The molecule has 7 heteroatoms. The van der Waals surface area contributed by atoms with E-state index < -0.39 is 10.8 Å². The number of thioether (sulfide) groups is 1. The first kappa shape index (κ1) is 21.3. The quantitative estimate of drug-likeness (QED) is 0.516. The number of benzene rings is 2. The van der Waals surface area contributed by atoms with Crippen LogP contribution in [0.1, 0.15) is 36.5 Å². The van der Waals surface area contributed by atoms with Crippen molar-refractivity contribution < 1.29 is 9.72 Å². The van der Waals surface area contributed by atoms with Crippen LogP contribution >= 0.6 is 11.8 Å². The average molecular weight is 420 g/mol. The molecule has 1 aliphatic rings. The van der Waals surface area contributed by atoms with Gasteiger partial charge >= 0.3 is 0 Å². The van der Waals surface area contributed by atoms with Crippen LogP contribution in [0.15, 0.2) is 70.4 Å². The molecule has 1 aliphatic heterocycles. The number of carbonyl (C=O) groups is 1. The second-order valence-corrected chi connectivity index (χ2v) is 8.02. The Morgan fingerprint density at radius 2 is 1.87 bits per heavy atom. The molecule has 0 aliphatic carbocycles. The first-order chi connectivity index (χ1) is 14.3. The summed E-state index contributed by atoms with van der Waals surface area (Å²) >= 11 is 1.46. The summed E-state index contributed by atoms with van der Waals surface area (Å²) in [6, 6.07) is 16.5. The summed E-state index contributed by atoms with van der Waals surface area (Å²) in [6.07, 6.45) is 0. The van der Waals surface area contributed by atoms with Gasteiger partial charge in [-0.2, -0.15) is 5.26 Å². The average Bonchev–Trinajstić information content (AvgIpc) is 2.72. The summed E-state index contributed by atoms with van der Waals surface area (Å²) < 4.78 is 0. The Labute approximate surface area is 179 Å². The fourth-order valence-electron chi connectivity index (χ4n) is 3.62. The fraction of sp³-hybridized carbons (Fsp3) is 0.217. The lowest BCUT2D eigenvalue weighted by Gasteiger charge is -2.29. The van der Waals surface area contributed by atoms with Crippen molar-refractivity contribution in [3.8, 4) is 6.07 Å². The van der Waals surface area contributed by atoms with Crippen LogP contribution in [-0.4, -0.2) is 10.7 Å². The molecule has 0 fully saturated rings. The maximum atomic E-state index is 12.5. The van der Waals surface area contributed by atoms with Crippen molar-refractivity contribution in [1.29, 1.82) is 5.26 Å². The number of hydrogen-bond acceptors (Lipinski definition) is 6. The number of rotatable bonds is 6. The Morgan fingerprint density at radius 3 is 2.50 bits per heavy atom. The smallest absolute Gasteiger partial charge is 0.273 e. The summed E-state index contributed by atoms with van der Waals surface area (Å²) in [4.78, 5) is 23.6. The highest BCUT2D eigenvalue weighted by atomic mass is 32.2. The predicted molar refractivity (Wildman–Crippen MR) is 117 cm³/mol. The molecule has 2 aromatic carbocycles. The number of aryl methyl sites for hydroxylation is 1. The van der Waals surface area contributed by atoms with E-state index in [9.17, 15) is 20.2 Å². The Bertz CT molecular complexity index is 1130. The molecule has 152 valence electrons. The van der Waals surface area contributed by atoms with Gasteiger partial charge in [0.1, 0.15) is 0 Å². The van der Waals surface area contributed by atoms with Crippen molar-refractivity contribution in [1.82, 2.24) is 5.32 Å². The van der Waals surface area contributed by atoms with Crippen molar-refractivity contribution in [2.75, 3.05) is 0 Å². The minimum Gasteiger partial charge on any atom is -0.353 e. The Morgan fingerprint density at radius 1 is 1.20 bits per heavy atom. The molecule has 0 aromatic heterocycles. The summed E-state index contributed by atoms with van der Waals surface area (Å²) in [5.41, 5.74) is 3.82. The lowest BCUT2D eigenvalue weighted by Crippen LogP contribution is -2.27. The van der Waals surface area contributed by atoms with Crippen LogP contribution in [0.2, 0.25) is 0 Å². The number of hydrogen-bond donors (Lipinski definition) is 1. The molecule has 1 N–H and O–H groups in total. The third-order valence-corrected chi connectivity index (χ3v) is 6.17. The number of para-hydroxylation sites is 1. The van der Waals surface area contributed by atoms with Gasteiger partial charge in [0.25, 0.3) is 5.69 Å². The van der Waals surface area contributed by atoms with Crippen LogP contribution in [0.3, 0.4) is 0 Å². The van der Waals surface area contributed by atoms with E-state index in [-0.39, 0.29) is 11.5 Å². The van der Waals surface area contributed by atoms with Gasteiger partial charge in [0.15, 0.2) is 5.78 Å². The van der Waals surface area contributed by atoms with Crippen LogP contribution in [0.4, 0.5) is 5.69 Å². The molecule has 0 spiro atoms. The van der Waals surface area contributed by atoms with Crippen LogP contribution in [0, 0.1) is 28.4 Å². The van der Waals surface area contributed by atoms with Crippen LogP contribution < -0.4 is 5.32 Å². The molecule has 2 aromatic rings. The van der Waals surface area contributed by atoms with E-state index in [4.69, 9.17) is 0 Å². The monoisotopic (exact) mass is 419 g/mol. The van der Waals surface area contributed by atoms with Gasteiger partial charge in [-0.05, 0) is 31.9 Å². The van der Waals surface area contributed by atoms with E-state index in [1.165, 1.54) is 24.8 Å². The van der Waals surface area contributed by atoms with Crippen LogP contribution in [-0.2, 0) is 10.5 Å². The van der Waals surface area contributed by atoms with Gasteiger partial charge in [-0.3, -0.25) is 14.9 Å². The van der Waals surface area contributed by atoms with E-state index in [0.29, 0.717) is 33.2 Å². The normalized spacial score (nSPS) is 16.1. The van der Waals surface area contributed by atoms with Gasteiger partial charge in [0, 0.05) is 28.7 Å². The lowest BCUT2D eigenvalue weighted by molar-refractivity contribution is -0.385. The molecule has 0 unspecified atom stereocenters. The summed E-state index contributed by atoms with van der Waals surface area (Å²) in [5, 5.41) is 25.4. The molecule has 6 nitrogen and oxygen atoms in total. The van der Waals surface area contributed by atoms with Crippen molar-refractivity contribution in [3.63, 3.8) is 0 Å². The standard InChI is InChI=1S/C23H21N3O3S/c1-14-8-4-5-9-17(14)13-30-23-19(12-24)22(21(16(3)27)15(2)25-23)18-10-6-7-11-20(18)26(28)29/h4-11,22,25H,13H2,1-3H3/t22-/m1/s1. The maximum absolute atomic E-state index is 12.5. The van der Waals surface area contributed by atoms with Crippen LogP contribution in [0.5, 0.6) is 0 Å². The summed E-state index contributed by atoms with van der Waals surface area (Å²) in [5.74, 6) is -0.375. The zero-order chi connectivity index (χ0) is 21.8. The summed E-state index contributed by atoms with van der Waals surface area (Å²) in [7, 11) is 0. The highest BCUT2D eigenvalue weighted by molar-refractivity contribution is 8.02. The van der Waals surface area contributed by atoms with E-state index >= 15 is 0 Å². The molecule has 0 saturated heterocycles. The van der Waals surface area contributed by atoms with Gasteiger partial charge in [-0.25, -0.2) is 0 Å². The first-order valence-electron chi connectivity index (χ1n) is 9.38. The minimum atomic E-state index is -0.783. The molecular weight excluding hydrogens is 398 g/mol. The number of nitro benzene ring substituents is 1. The number of nitrogens with one attached hydrogen (secondary N) is 1. The highest BCUT2D eigenvalue weighted by Gasteiger charge is 2.36. The zero-order valence-corrected chi connectivity index (χ0v) is 17.7. The molecule has 0 bridgehead atoms. The second-order valence-electron chi connectivity index (χ2n) is 7.04. The van der Waals surface area contributed by atoms with E-state index in [1.54, 1.807) is 25.1 Å². The second kappa shape index (κ2) is 8.97. The SMILES string of the molecule is CC(=O)C1=C(C)NC(SCc2ccccc2C)=C(C#N)[C@H]1c1ccccc1[N+](=O)[O-]. The van der Waals surface area contributed by atoms with Crippen LogP contribution in [0.25, 0.3) is 0 Å². The largest absolute Gasteiger partial charge is 0.353 e. The van der Waals surface area contributed by atoms with E-state index in [0.717, 1.165) is 11.1 Å². The van der Waals surface area contributed by atoms with Gasteiger partial charge in [0.2, 0.25) is 0 Å². The number of nitrogens with zero attached hydrogens (tertiary/aromatic N) is 2. The maximum Gasteiger partial charge on any atom is 0.273 e. The fourth-order valence-corrected chi connectivity index (χ4v) is 4.79. The topological polar surface area (TPSA) is 96.0 Å². The number of nitro groups is 1. The Hall–Kier alpha value is -3.37. The molecule has 3 rings (SSSR count). The van der Waals surface area contributed by atoms with E-state index in [2.05, 4.69) is 11.4 Å². The minimum absolute atomic E-state index is 0.105. The summed E-state index contributed by atoms with van der Waals surface area (Å²) in [6.45, 7) is 5.21. The van der Waals surface area contributed by atoms with Crippen molar-refractivity contribution in [2.24, 2.45) is 0 Å². The zero-order valence-electron chi connectivity index (χ0n) is 16.9. The van der Waals surface area contributed by atoms with E-state index in [1.807, 2.05) is 31.2 Å². The number of Topliss-reactive ketones (excluding diaryl/α,β-unsaturated/α-hetero) is 1. The van der Waals surface area contributed by atoms with Gasteiger partial charge in [0.05, 0.1) is 27.5 Å². The van der Waals surface area contributed by atoms with Crippen molar-refractivity contribution >= 4 is 23.2 Å². The molecular formula is C23H21N3O3S. The highest BCUT2D eigenvalue weighted by Crippen LogP contribution is 2.44. The molecule has 1 heterocycles. The lowest BCUT2D eigenvalue weighted by atomic mass is 9.80. The molecule has 0 radical (unpaired) electrons. The molecule has 0 amide bonds. The third kappa shape index (κ3) is 4.14. The number of dihydropyridines is 1. The Balaban J connectivity index is 2.11. The third-order valence-electron chi connectivity index (χ3n) is 5.10. The van der Waals surface area contributed by atoms with Gasteiger partial charge < -0.3 is 5.32 Å². The van der Waals surface area contributed by atoms with Gasteiger partial charge in [-0.15, -0.1) is 11.8 Å². The number of allylic oxidation sites excluding steroid dienone is 3. The number of carbonyl (C=O) groups excluding carboxylic acids is 1. The first-order valence-corrected chi connectivity index (χ1v) is 10.4. The molecule has 30 heavy (non-hydrogen) atoms. The number of nitriles is 1.